The van der Waals surface area contributed by atoms with E-state index in [1.165, 1.54) is 0 Å². The van der Waals surface area contributed by atoms with E-state index >= 15 is 0 Å². The summed E-state index contributed by atoms with van der Waals surface area (Å²) in [7, 11) is 0. The lowest BCUT2D eigenvalue weighted by atomic mass is 9.78. The number of ether oxygens (including phenoxy) is 2. The van der Waals surface area contributed by atoms with Gasteiger partial charge in [0, 0.05) is 17.6 Å². The highest BCUT2D eigenvalue weighted by Gasteiger charge is 2.32. The van der Waals surface area contributed by atoms with Crippen molar-refractivity contribution >= 4 is 18.3 Å². The lowest BCUT2D eigenvalue weighted by Crippen LogP contribution is -2.54. The molecule has 0 aromatic heterocycles. The summed E-state index contributed by atoms with van der Waals surface area (Å²) in [6.45, 7) is 1.60. The Labute approximate surface area is 124 Å². The van der Waals surface area contributed by atoms with E-state index in [1.807, 2.05) is 0 Å². The molecule has 1 aliphatic heterocycles. The molecule has 1 aromatic rings. The molecule has 0 unspecified atom stereocenters. The number of nitrogens with one attached hydrogen (secondary N) is 1. The predicted molar refractivity (Wildman–Crippen MR) is 77.8 cm³/mol. The van der Waals surface area contributed by atoms with Gasteiger partial charge in [-0.3, -0.25) is 4.79 Å². The monoisotopic (exact) mass is 298 g/mol. The van der Waals surface area contributed by atoms with Crippen molar-refractivity contribution in [2.45, 2.75) is 24.8 Å². The van der Waals surface area contributed by atoms with Crippen LogP contribution in [-0.4, -0.2) is 31.2 Å². The van der Waals surface area contributed by atoms with Crippen molar-refractivity contribution in [3.63, 3.8) is 0 Å². The normalized spacial score (nSPS) is 18.4. The fourth-order valence-electron chi connectivity index (χ4n) is 2.35. The average molecular weight is 299 g/mol. The summed E-state index contributed by atoms with van der Waals surface area (Å²) in [5, 5.41) is 2.89. The van der Waals surface area contributed by atoms with E-state index in [1.54, 1.807) is 18.2 Å². The van der Waals surface area contributed by atoms with Crippen LogP contribution in [0.1, 0.15) is 29.6 Å². The van der Waals surface area contributed by atoms with Crippen LogP contribution in [0.4, 0.5) is 0 Å². The zero-order valence-corrected chi connectivity index (χ0v) is 12.0. The molecule has 3 N–H and O–H groups in total. The zero-order chi connectivity index (χ0) is 13.3. The minimum atomic E-state index is -0.205. The Bertz CT molecular complexity index is 503. The van der Waals surface area contributed by atoms with Crippen molar-refractivity contribution in [1.29, 1.82) is 0 Å². The van der Waals surface area contributed by atoms with Crippen LogP contribution in [0.15, 0.2) is 18.2 Å². The molecule has 1 fully saturated rings. The maximum atomic E-state index is 12.1. The van der Waals surface area contributed by atoms with Gasteiger partial charge in [0.15, 0.2) is 11.5 Å². The van der Waals surface area contributed by atoms with Crippen molar-refractivity contribution in [2.24, 2.45) is 5.73 Å². The maximum absolute atomic E-state index is 12.1. The van der Waals surface area contributed by atoms with Gasteiger partial charge in [-0.2, -0.15) is 0 Å². The highest BCUT2D eigenvalue weighted by Crippen LogP contribution is 2.31. The predicted octanol–water partition coefficient (Wildman–Crippen LogP) is 1.49. The molecule has 0 spiro atoms. The van der Waals surface area contributed by atoms with Gasteiger partial charge >= 0.3 is 0 Å². The van der Waals surface area contributed by atoms with E-state index in [4.69, 9.17) is 15.2 Å². The third-order valence-corrected chi connectivity index (χ3v) is 3.75. The summed E-state index contributed by atoms with van der Waals surface area (Å²) in [6, 6.07) is 5.23. The van der Waals surface area contributed by atoms with Crippen molar-refractivity contribution in [1.82, 2.24) is 5.32 Å². The topological polar surface area (TPSA) is 73.6 Å². The molecule has 0 atom stereocenters. The van der Waals surface area contributed by atoms with Gasteiger partial charge in [-0.05, 0) is 37.5 Å². The van der Waals surface area contributed by atoms with Crippen molar-refractivity contribution in [2.75, 3.05) is 19.8 Å². The average Bonchev–Trinajstić information content (AvgIpc) is 2.42. The molecule has 1 heterocycles. The number of hydrogen-bond donors (Lipinski definition) is 2. The van der Waals surface area contributed by atoms with Crippen LogP contribution >= 0.6 is 12.4 Å². The summed E-state index contributed by atoms with van der Waals surface area (Å²) < 4.78 is 10.9. The highest BCUT2D eigenvalue weighted by molar-refractivity contribution is 5.95. The van der Waals surface area contributed by atoms with Crippen LogP contribution in [0.3, 0.4) is 0 Å². The summed E-state index contributed by atoms with van der Waals surface area (Å²) in [5.41, 5.74) is 6.45. The van der Waals surface area contributed by atoms with Gasteiger partial charge in [0.2, 0.25) is 0 Å². The molecule has 20 heavy (non-hydrogen) atoms. The molecule has 5 nitrogen and oxygen atoms in total. The molecule has 1 amide bonds. The number of carbonyl (C=O) groups excluding carboxylic acids is 1. The molecule has 110 valence electrons. The summed E-state index contributed by atoms with van der Waals surface area (Å²) in [4.78, 5) is 12.1. The molecule has 1 aliphatic carbocycles. The molecular weight excluding hydrogens is 280 g/mol. The van der Waals surface area contributed by atoms with E-state index in [9.17, 15) is 4.79 Å². The number of carbonyl (C=O) groups is 1. The number of hydrogen-bond acceptors (Lipinski definition) is 4. The van der Waals surface area contributed by atoms with E-state index in [0.29, 0.717) is 36.8 Å². The van der Waals surface area contributed by atoms with Crippen LogP contribution in [0.5, 0.6) is 11.5 Å². The largest absolute Gasteiger partial charge is 0.486 e. The van der Waals surface area contributed by atoms with Gasteiger partial charge in [-0.25, -0.2) is 0 Å². The molecular formula is C14H19ClN2O3. The maximum Gasteiger partial charge on any atom is 0.251 e. The van der Waals surface area contributed by atoms with Gasteiger partial charge in [-0.15, -0.1) is 12.4 Å². The first kappa shape index (κ1) is 14.9. The second-order valence-corrected chi connectivity index (χ2v) is 5.26. The number of nitrogens with two attached hydrogens (primary N) is 1. The van der Waals surface area contributed by atoms with Gasteiger partial charge in [0.1, 0.15) is 13.2 Å². The molecule has 0 bridgehead atoms. The number of benzene rings is 1. The molecule has 0 saturated heterocycles. The number of fused-ring (bicyclic) bond motifs is 1. The van der Waals surface area contributed by atoms with E-state index < -0.39 is 0 Å². The van der Waals surface area contributed by atoms with Crippen LogP contribution in [0.25, 0.3) is 0 Å². The van der Waals surface area contributed by atoms with Crippen LogP contribution in [0, 0.1) is 0 Å². The molecule has 3 rings (SSSR count). The second-order valence-electron chi connectivity index (χ2n) is 5.26. The summed E-state index contributed by atoms with van der Waals surface area (Å²) in [6.07, 6.45) is 3.11. The first-order valence-corrected chi connectivity index (χ1v) is 6.63. The standard InChI is InChI=1S/C14H18N2O3.ClH/c15-14(4-1-5-14)9-16-13(17)10-2-3-11-12(8-10)19-7-6-18-11;/h2-3,8H,1,4-7,9,15H2,(H,16,17);1H. The molecule has 1 aromatic carbocycles. The quantitative estimate of drug-likeness (QED) is 0.887. The lowest BCUT2D eigenvalue weighted by Gasteiger charge is -2.38. The Hall–Kier alpha value is -1.46. The van der Waals surface area contributed by atoms with Crippen LogP contribution in [0.2, 0.25) is 0 Å². The zero-order valence-electron chi connectivity index (χ0n) is 11.2. The fourth-order valence-corrected chi connectivity index (χ4v) is 2.35. The van der Waals surface area contributed by atoms with Gasteiger partial charge < -0.3 is 20.5 Å². The van der Waals surface area contributed by atoms with E-state index in [2.05, 4.69) is 5.32 Å². The van der Waals surface area contributed by atoms with Gasteiger partial charge in [0.25, 0.3) is 5.91 Å². The third kappa shape index (κ3) is 2.99. The minimum Gasteiger partial charge on any atom is -0.486 e. The third-order valence-electron chi connectivity index (χ3n) is 3.75. The van der Waals surface area contributed by atoms with Gasteiger partial charge in [-0.1, -0.05) is 0 Å². The number of halogens is 1. The Morgan fingerprint density at radius 1 is 1.25 bits per heavy atom. The SMILES string of the molecule is Cl.NC1(CNC(=O)c2ccc3c(c2)OCCO3)CCC1. The summed E-state index contributed by atoms with van der Waals surface area (Å²) in [5.74, 6) is 1.20. The van der Waals surface area contributed by atoms with Gasteiger partial charge in [0.05, 0.1) is 0 Å². The smallest absolute Gasteiger partial charge is 0.251 e. The van der Waals surface area contributed by atoms with Crippen molar-refractivity contribution in [3.05, 3.63) is 23.8 Å². The van der Waals surface area contributed by atoms with Crippen LogP contribution < -0.4 is 20.5 Å². The molecule has 2 aliphatic rings. The second kappa shape index (κ2) is 5.89. The minimum absolute atomic E-state index is 0. The molecule has 0 radical (unpaired) electrons. The molecule has 1 saturated carbocycles. The highest BCUT2D eigenvalue weighted by atomic mass is 35.5. The molecule has 6 heteroatoms. The van der Waals surface area contributed by atoms with E-state index in [0.717, 1.165) is 19.3 Å². The van der Waals surface area contributed by atoms with Crippen molar-refractivity contribution < 1.29 is 14.3 Å². The Balaban J connectivity index is 0.00000147. The number of amides is 1. The number of rotatable bonds is 3. The van der Waals surface area contributed by atoms with E-state index in [-0.39, 0.29) is 23.9 Å². The summed E-state index contributed by atoms with van der Waals surface area (Å²) >= 11 is 0. The van der Waals surface area contributed by atoms with Crippen molar-refractivity contribution in [3.8, 4) is 11.5 Å². The Kier molecular flexibility index (Phi) is 4.40. The first-order chi connectivity index (χ1) is 9.16. The fraction of sp³-hybridized carbons (Fsp3) is 0.500. The Morgan fingerprint density at radius 3 is 2.60 bits per heavy atom. The first-order valence-electron chi connectivity index (χ1n) is 6.63. The van der Waals surface area contributed by atoms with Crippen LogP contribution in [-0.2, 0) is 0 Å². The Morgan fingerprint density at radius 2 is 1.95 bits per heavy atom. The lowest BCUT2D eigenvalue weighted by molar-refractivity contribution is 0.0928.